The van der Waals surface area contributed by atoms with Crippen LogP contribution in [-0.2, 0) is 12.0 Å². The van der Waals surface area contributed by atoms with Crippen LogP contribution in [-0.4, -0.2) is 27.1 Å². The van der Waals surface area contributed by atoms with Gasteiger partial charge < -0.3 is 9.84 Å². The molecule has 0 amide bonds. The van der Waals surface area contributed by atoms with Crippen molar-refractivity contribution in [2.24, 2.45) is 5.92 Å². The van der Waals surface area contributed by atoms with E-state index in [1.165, 1.54) is 29.5 Å². The van der Waals surface area contributed by atoms with Crippen molar-refractivity contribution in [1.82, 2.24) is 9.88 Å². The molecule has 0 radical (unpaired) electrons. The van der Waals surface area contributed by atoms with Crippen LogP contribution in [0.15, 0.2) is 97.3 Å². The molecular weight excluding hydrogens is 444 g/mol. The number of ether oxygens (including phenoxy) is 1. The van der Waals surface area contributed by atoms with Crippen LogP contribution in [0.2, 0.25) is 0 Å². The number of hydrogen-bond acceptors (Lipinski definition) is 4. The van der Waals surface area contributed by atoms with E-state index in [4.69, 9.17) is 4.74 Å². The molecule has 4 nitrogen and oxygen atoms in total. The quantitative estimate of drug-likeness (QED) is 0.359. The first-order valence-corrected chi connectivity index (χ1v) is 13.0. The number of piperidine rings is 1. The van der Waals surface area contributed by atoms with Crippen LogP contribution in [0.3, 0.4) is 0 Å². The predicted octanol–water partition coefficient (Wildman–Crippen LogP) is 6.67. The van der Waals surface area contributed by atoms with Gasteiger partial charge in [0.2, 0.25) is 0 Å². The first kappa shape index (κ1) is 21.6. The highest BCUT2D eigenvalue weighted by Gasteiger charge is 2.54. The fourth-order valence-corrected chi connectivity index (χ4v) is 7.34. The van der Waals surface area contributed by atoms with Gasteiger partial charge in [-0.15, -0.1) is 0 Å². The van der Waals surface area contributed by atoms with Gasteiger partial charge in [0.25, 0.3) is 0 Å². The van der Waals surface area contributed by atoms with E-state index in [9.17, 15) is 5.11 Å². The Kier molecular flexibility index (Phi) is 5.10. The fourth-order valence-electron chi connectivity index (χ4n) is 7.34. The summed E-state index contributed by atoms with van der Waals surface area (Å²) >= 11 is 0. The van der Waals surface area contributed by atoms with Crippen LogP contribution in [0.5, 0.6) is 17.2 Å². The van der Waals surface area contributed by atoms with Gasteiger partial charge >= 0.3 is 0 Å². The van der Waals surface area contributed by atoms with E-state index in [1.807, 2.05) is 36.7 Å². The summed E-state index contributed by atoms with van der Waals surface area (Å²) in [6, 6.07) is 30.4. The van der Waals surface area contributed by atoms with Crippen molar-refractivity contribution >= 4 is 0 Å². The summed E-state index contributed by atoms with van der Waals surface area (Å²) in [5.74, 6) is 1.96. The fraction of sp³-hybridized carbons (Fsp3) is 0.281. The Morgan fingerprint density at radius 3 is 2.36 bits per heavy atom. The molecule has 180 valence electrons. The predicted molar refractivity (Wildman–Crippen MR) is 140 cm³/mol. The lowest BCUT2D eigenvalue weighted by molar-refractivity contribution is 0.0748. The molecule has 7 rings (SSSR count). The lowest BCUT2D eigenvalue weighted by Crippen LogP contribution is -2.50. The van der Waals surface area contributed by atoms with Crippen molar-refractivity contribution in [3.05, 3.63) is 120 Å². The number of aromatic hydroxyl groups is 1. The van der Waals surface area contributed by atoms with E-state index < -0.39 is 5.41 Å². The molecule has 3 unspecified atom stereocenters. The number of pyridine rings is 1. The van der Waals surface area contributed by atoms with Gasteiger partial charge in [-0.3, -0.25) is 9.88 Å². The smallest absolute Gasteiger partial charge is 0.173 e. The van der Waals surface area contributed by atoms with Crippen molar-refractivity contribution in [3.8, 4) is 17.2 Å². The highest BCUT2D eigenvalue weighted by Crippen LogP contribution is 2.61. The highest BCUT2D eigenvalue weighted by molar-refractivity contribution is 5.66. The molecule has 3 aliphatic heterocycles. The van der Waals surface area contributed by atoms with Crippen molar-refractivity contribution in [2.75, 3.05) is 0 Å². The molecule has 3 aromatic carbocycles. The zero-order valence-corrected chi connectivity index (χ0v) is 20.3. The maximum atomic E-state index is 10.9. The Bertz CT molecular complexity index is 1380. The Labute approximate surface area is 212 Å². The Balaban J connectivity index is 1.38. The summed E-state index contributed by atoms with van der Waals surface area (Å²) in [5.41, 5.74) is 4.36. The molecule has 2 fully saturated rings. The third kappa shape index (κ3) is 3.21. The van der Waals surface area contributed by atoms with Crippen molar-refractivity contribution < 1.29 is 9.84 Å². The third-order valence-electron chi connectivity index (χ3n) is 8.76. The van der Waals surface area contributed by atoms with Crippen molar-refractivity contribution in [2.45, 2.75) is 49.7 Å². The van der Waals surface area contributed by atoms with Crippen LogP contribution in [0, 0.1) is 5.92 Å². The summed E-state index contributed by atoms with van der Waals surface area (Å²) in [4.78, 5) is 7.33. The summed E-state index contributed by atoms with van der Waals surface area (Å²) in [6.45, 7) is 1.01. The molecule has 4 heterocycles. The molecule has 1 N–H and O–H groups in total. The summed E-state index contributed by atoms with van der Waals surface area (Å²) in [7, 11) is 0. The number of nitrogens with zero attached hydrogens (tertiary/aromatic N) is 2. The van der Waals surface area contributed by atoms with Crippen LogP contribution >= 0.6 is 0 Å². The number of para-hydroxylation sites is 2. The Morgan fingerprint density at radius 1 is 0.833 bits per heavy atom. The molecule has 3 aliphatic rings. The van der Waals surface area contributed by atoms with Gasteiger partial charge in [0.15, 0.2) is 11.5 Å². The minimum atomic E-state index is -0.434. The molecule has 2 saturated heterocycles. The van der Waals surface area contributed by atoms with Crippen molar-refractivity contribution in [1.29, 1.82) is 0 Å². The minimum Gasteiger partial charge on any atom is -0.504 e. The van der Waals surface area contributed by atoms with Gasteiger partial charge in [0, 0.05) is 42.1 Å². The zero-order valence-electron chi connectivity index (χ0n) is 20.3. The zero-order chi connectivity index (χ0) is 24.1. The molecule has 4 heteroatoms. The number of rotatable bonds is 4. The third-order valence-corrected chi connectivity index (χ3v) is 8.76. The van der Waals surface area contributed by atoms with Crippen LogP contribution < -0.4 is 4.74 Å². The number of fused-ring (bicyclic) bond motifs is 4. The van der Waals surface area contributed by atoms with Crippen LogP contribution in [0.4, 0.5) is 0 Å². The molecule has 0 spiro atoms. The van der Waals surface area contributed by atoms with Gasteiger partial charge in [-0.05, 0) is 60.9 Å². The number of benzene rings is 3. The summed E-state index contributed by atoms with van der Waals surface area (Å²) in [5, 5.41) is 10.9. The first-order valence-electron chi connectivity index (χ1n) is 13.0. The maximum Gasteiger partial charge on any atom is 0.173 e. The monoisotopic (exact) mass is 474 g/mol. The van der Waals surface area contributed by atoms with E-state index in [-0.39, 0.29) is 5.75 Å². The largest absolute Gasteiger partial charge is 0.504 e. The maximum absolute atomic E-state index is 10.9. The molecular formula is C32H30N2O2. The number of hydrogen-bond donors (Lipinski definition) is 1. The lowest BCUT2D eigenvalue weighted by atomic mass is 9.57. The van der Waals surface area contributed by atoms with Gasteiger partial charge in [-0.1, -0.05) is 66.7 Å². The molecule has 36 heavy (non-hydrogen) atoms. The molecule has 0 saturated carbocycles. The lowest BCUT2D eigenvalue weighted by Gasteiger charge is -2.51. The number of aromatic nitrogens is 1. The average molecular weight is 475 g/mol. The number of phenolic OH excluding ortho intramolecular Hbond substituents is 1. The van der Waals surface area contributed by atoms with Crippen LogP contribution in [0.25, 0.3) is 0 Å². The Hall–Kier alpha value is -3.63. The second-order valence-electron chi connectivity index (χ2n) is 10.5. The van der Waals surface area contributed by atoms with E-state index in [0.29, 0.717) is 23.8 Å². The summed E-state index contributed by atoms with van der Waals surface area (Å²) < 4.78 is 6.36. The average Bonchev–Trinajstić information content (AvgIpc) is 3.14. The Morgan fingerprint density at radius 2 is 1.58 bits per heavy atom. The van der Waals surface area contributed by atoms with Gasteiger partial charge in [-0.25, -0.2) is 0 Å². The molecule has 3 atom stereocenters. The second-order valence-corrected chi connectivity index (χ2v) is 10.5. The van der Waals surface area contributed by atoms with E-state index in [0.717, 1.165) is 30.7 Å². The topological polar surface area (TPSA) is 45.6 Å². The molecule has 0 aliphatic carbocycles. The molecule has 2 bridgehead atoms. The standard InChI is InChI=1S/C32H30N2O2/c35-29-13-6-12-28-31(29)36-30-14-5-4-11-27(30)32(28,23-10-7-17-33-20-23)24-18-25-15-16-26(19-24)34(25)21-22-8-2-1-3-9-22/h1-14,17,20,24-26,35H,15-16,18-19,21H2. The van der Waals surface area contributed by atoms with Crippen molar-refractivity contribution in [3.63, 3.8) is 0 Å². The second kappa shape index (κ2) is 8.49. The van der Waals surface area contributed by atoms with E-state index in [1.54, 1.807) is 6.07 Å². The van der Waals surface area contributed by atoms with Gasteiger partial charge in [0.1, 0.15) is 5.75 Å². The van der Waals surface area contributed by atoms with E-state index >= 15 is 0 Å². The number of phenols is 1. The minimum absolute atomic E-state index is 0.194. The SMILES string of the molecule is Oc1cccc2c1Oc1ccccc1C2(c1cccnc1)C1CC2CCC(C1)N2Cc1ccccc1. The van der Waals surface area contributed by atoms with Gasteiger partial charge in [-0.2, -0.15) is 0 Å². The van der Waals surface area contributed by atoms with E-state index in [2.05, 4.69) is 64.5 Å². The molecule has 4 aromatic rings. The molecule has 1 aromatic heterocycles. The van der Waals surface area contributed by atoms with Gasteiger partial charge in [0.05, 0.1) is 5.41 Å². The highest BCUT2D eigenvalue weighted by atomic mass is 16.5. The first-order chi connectivity index (χ1) is 17.7. The van der Waals surface area contributed by atoms with Crippen LogP contribution in [0.1, 0.15) is 47.9 Å². The summed E-state index contributed by atoms with van der Waals surface area (Å²) in [6.07, 6.45) is 8.54. The normalized spacial score (nSPS) is 26.6.